The molecule has 0 aliphatic heterocycles. The molecule has 711 valence electrons. The van der Waals surface area contributed by atoms with Crippen LogP contribution < -0.4 is 4.74 Å². The van der Waals surface area contributed by atoms with Crippen LogP contribution in [-0.2, 0) is 108 Å². The Labute approximate surface area is 771 Å². The minimum atomic E-state index is -0.474. The number of rotatable bonds is 34. The van der Waals surface area contributed by atoms with Gasteiger partial charge in [-0.3, -0.25) is 0 Å². The van der Waals surface area contributed by atoms with Gasteiger partial charge < -0.3 is 68.1 Å². The maximum absolute atomic E-state index is 11.2. The number of carbonyl (C=O) groups excluding carboxylic acids is 6. The molecule has 18 nitrogen and oxygen atoms in total. The molecule has 0 spiro atoms. The van der Waals surface area contributed by atoms with Gasteiger partial charge in [-0.05, 0) is 323 Å². The van der Waals surface area contributed by atoms with Gasteiger partial charge in [-0.2, -0.15) is 12.8 Å². The minimum Gasteiger partial charge on any atom is -0.468 e. The minimum absolute atomic E-state index is 0. The SMILES string of the molecule is C.C.C.C.C.C.C1C2CC3CC1CC(C2)C3.C=CC(=O)OCOC1CCC(CC2CCC(CC3CCC(OCOC(=O)C=C)CC3)CC2)CC1.C=CC(=O)OCOC1CCC(CC2CCC(CC3CC[CH-]CC3)CC2)CC1.C=CC(=O)OCOC1CCC(Cc2ccc3c(c2)C(C)c2cc(OCOC4CCC(OCOC(=O)C=C)CC4)ccc2-3)CC1.CC=O.[Re]. The molecular formula is C106H171O18Re-. The number of benzene rings is 2. The molecule has 12 fully saturated rings. The third-order valence-corrected chi connectivity index (χ3v) is 28.7. The number of fused-ring (bicyclic) bond motifs is 3. The molecule has 0 amide bonds. The molecule has 13 aliphatic rings. The second-order valence-electron chi connectivity index (χ2n) is 36.9. The molecule has 4 bridgehead atoms. The number of hydrogen-bond donors (Lipinski definition) is 0. The van der Waals surface area contributed by atoms with Crippen LogP contribution in [0.25, 0.3) is 11.1 Å². The summed E-state index contributed by atoms with van der Waals surface area (Å²) < 4.78 is 65.1. The van der Waals surface area contributed by atoms with Crippen LogP contribution in [0.5, 0.6) is 5.75 Å². The Kier molecular flexibility index (Phi) is 56.9. The van der Waals surface area contributed by atoms with Crippen molar-refractivity contribution in [3.8, 4) is 16.9 Å². The molecule has 0 aromatic heterocycles. The van der Waals surface area contributed by atoms with Gasteiger partial charge in [-0.25, -0.2) is 24.0 Å². The standard InChI is InChI=1S/C36H44O8.C28H44O6.C24H39O3.C10H16.C2H4O.6CH4.Re/c1-4-35(37)43-22-40-27-9-6-25(7-10-27)18-26-8-16-31-32-17-15-30(20-34(32)24(3)33(31)19-26)42-21-39-28-11-13-29(14-12-28)41-23-44-36(38)5-2;1-3-27(29)33-19-31-25-13-9-23(10-14-25)17-21-5-7-22(8-6-21)18-24-11-15-26(16-12-24)32-20-34-28(30)4-2;1-2-24(25)27-18-26-23-14-12-22(13-15-23)17-21-10-8-20(9-11-21)16-19-6-4-3-5-7-19;1-7-2-9-4-8(1)5-10(3-7)6-9;1-2-3;;;;;;;/h4-5,8,15-17,19-20,24-25,27-29H,1-2,6-7,9-14,18,21-23H2,3H3;3-4,21-26H,1-2,5-20H2;2-3,19-23H,1,4-18H2;7-10H,1-6H2;2H,1H3;6*1H4;/q;;-1;;;;;;;;;. The van der Waals surface area contributed by atoms with Gasteiger partial charge in [-0.15, -0.1) is 0 Å². The van der Waals surface area contributed by atoms with E-state index in [1.54, 1.807) is 38.5 Å². The fourth-order valence-corrected chi connectivity index (χ4v) is 22.5. The molecule has 2 aromatic carbocycles. The number of carbonyl (C=O) groups is 6. The van der Waals surface area contributed by atoms with Crippen molar-refractivity contribution in [2.45, 2.75) is 377 Å². The zero-order chi connectivity index (χ0) is 83.2. The molecule has 12 saturated carbocycles. The quantitative estimate of drug-likeness (QED) is 0.0159. The molecule has 15 rings (SSSR count). The molecule has 19 heteroatoms. The first-order valence-electron chi connectivity index (χ1n) is 46.3. The smallest absolute Gasteiger partial charge is 0.332 e. The molecule has 2 aromatic rings. The average molecular weight is 1920 g/mol. The third kappa shape index (κ3) is 39.9. The fourth-order valence-electron chi connectivity index (χ4n) is 22.5. The molecule has 1 atom stereocenters. The van der Waals surface area contributed by atoms with Crippen LogP contribution in [0.4, 0.5) is 0 Å². The second kappa shape index (κ2) is 62.6. The van der Waals surface area contributed by atoms with E-state index in [2.05, 4.69) is 76.6 Å². The largest absolute Gasteiger partial charge is 0.468 e. The Morgan fingerprint density at radius 2 is 0.568 bits per heavy atom. The van der Waals surface area contributed by atoms with Gasteiger partial charge in [-0.1, -0.05) is 173 Å². The summed E-state index contributed by atoms with van der Waals surface area (Å²) in [7, 11) is 0. The van der Waals surface area contributed by atoms with Gasteiger partial charge >= 0.3 is 29.8 Å². The monoisotopic (exact) mass is 1920 g/mol. The molecule has 0 heterocycles. The van der Waals surface area contributed by atoms with Gasteiger partial charge in [0.15, 0.2) is 40.8 Å². The molecule has 1 unspecified atom stereocenters. The summed E-state index contributed by atoms with van der Waals surface area (Å²) in [6.07, 6.45) is 65.3. The molecule has 0 saturated heterocycles. The van der Waals surface area contributed by atoms with Crippen molar-refractivity contribution in [1.82, 2.24) is 0 Å². The van der Waals surface area contributed by atoms with Crippen molar-refractivity contribution in [1.29, 1.82) is 0 Å². The van der Waals surface area contributed by atoms with E-state index in [9.17, 15) is 24.0 Å². The van der Waals surface area contributed by atoms with E-state index in [0.29, 0.717) is 11.8 Å². The van der Waals surface area contributed by atoms with Crippen molar-refractivity contribution in [2.24, 2.45) is 76.9 Å². The van der Waals surface area contributed by atoms with Crippen molar-refractivity contribution in [3.63, 3.8) is 0 Å². The van der Waals surface area contributed by atoms with E-state index >= 15 is 0 Å². The van der Waals surface area contributed by atoms with E-state index in [1.807, 2.05) is 6.07 Å². The summed E-state index contributed by atoms with van der Waals surface area (Å²) >= 11 is 0. The normalized spacial score (nSPS) is 28.9. The van der Waals surface area contributed by atoms with Gasteiger partial charge in [0.05, 0.1) is 36.6 Å². The second-order valence-corrected chi connectivity index (χ2v) is 36.9. The van der Waals surface area contributed by atoms with Crippen molar-refractivity contribution in [2.75, 3.05) is 40.8 Å². The Morgan fingerprint density at radius 1 is 0.336 bits per heavy atom. The summed E-state index contributed by atoms with van der Waals surface area (Å²) in [6, 6.07) is 13.3. The first kappa shape index (κ1) is 114. The van der Waals surface area contributed by atoms with Crippen LogP contribution in [0, 0.1) is 83.4 Å². The van der Waals surface area contributed by atoms with E-state index in [0.717, 1.165) is 168 Å². The topological polar surface area (TPSA) is 213 Å². The molecule has 13 aliphatic carbocycles. The Balaban J connectivity index is 0.000000446. The van der Waals surface area contributed by atoms with Crippen molar-refractivity contribution in [3.05, 3.63) is 123 Å². The first-order valence-corrected chi connectivity index (χ1v) is 46.3. The molecule has 125 heavy (non-hydrogen) atoms. The third-order valence-electron chi connectivity index (χ3n) is 28.7. The predicted octanol–water partition coefficient (Wildman–Crippen LogP) is 26.2. The maximum atomic E-state index is 11.2. The van der Waals surface area contributed by atoms with E-state index in [1.165, 1.54) is 218 Å². The van der Waals surface area contributed by atoms with Gasteiger partial charge in [0.25, 0.3) is 0 Å². The van der Waals surface area contributed by atoms with Gasteiger partial charge in [0.2, 0.25) is 0 Å². The van der Waals surface area contributed by atoms with E-state index in [4.69, 9.17) is 61.6 Å². The van der Waals surface area contributed by atoms with Gasteiger partial charge in [0, 0.05) is 56.7 Å². The summed E-state index contributed by atoms with van der Waals surface area (Å²) in [6.45, 7) is 21.0. The zero-order valence-corrected chi connectivity index (χ0v) is 75.2. The molecular weight excluding hydrogens is 1750 g/mol. The molecule has 1 radical (unpaired) electrons. The average Bonchev–Trinajstić information content (AvgIpc) is 1.59. The van der Waals surface area contributed by atoms with Crippen molar-refractivity contribution < 1.29 is 106 Å². The van der Waals surface area contributed by atoms with Crippen LogP contribution in [-0.4, -0.2) is 114 Å². The van der Waals surface area contributed by atoms with Gasteiger partial charge in [0.1, 0.15) is 12.0 Å². The Bertz CT molecular complexity index is 3250. The van der Waals surface area contributed by atoms with Crippen LogP contribution >= 0.6 is 0 Å². The fraction of sp³-hybridized carbons (Fsp3) is 0.726. The number of ether oxygens (including phenoxy) is 12. The van der Waals surface area contributed by atoms with Crippen LogP contribution in [0.15, 0.2) is 99.7 Å². The Hall–Kier alpha value is -5.62. The van der Waals surface area contributed by atoms with Crippen LogP contribution in [0.1, 0.15) is 351 Å². The summed E-state index contributed by atoms with van der Waals surface area (Å²) in [5.74, 6) is 11.7. The van der Waals surface area contributed by atoms with E-state index < -0.39 is 29.8 Å². The molecule has 0 N–H and O–H groups in total. The Morgan fingerprint density at radius 3 is 0.848 bits per heavy atom. The van der Waals surface area contributed by atoms with E-state index in [-0.39, 0.29) is 142 Å². The number of hydrogen-bond acceptors (Lipinski definition) is 18. The zero-order valence-electron chi connectivity index (χ0n) is 72.5. The summed E-state index contributed by atoms with van der Waals surface area (Å²) in [5.41, 5.74) is 6.64. The van der Waals surface area contributed by atoms with Crippen LogP contribution in [0.2, 0.25) is 0 Å². The maximum Gasteiger partial charge on any atom is 0.332 e. The number of aldehydes is 1. The van der Waals surface area contributed by atoms with Crippen LogP contribution in [0.3, 0.4) is 0 Å². The number of esters is 5. The first-order chi connectivity index (χ1) is 57.5. The summed E-state index contributed by atoms with van der Waals surface area (Å²) in [4.78, 5) is 64.4. The summed E-state index contributed by atoms with van der Waals surface area (Å²) in [5, 5.41) is 0. The van der Waals surface area contributed by atoms with Crippen molar-refractivity contribution >= 4 is 36.1 Å². The predicted molar refractivity (Wildman–Crippen MR) is 499 cm³/mol.